The maximum Gasteiger partial charge on any atom is 0.407 e. The molecular weight excluding hydrogens is 741 g/mol. The number of anilines is 2. The van der Waals surface area contributed by atoms with Gasteiger partial charge in [-0.15, -0.1) is 34.0 Å². The van der Waals surface area contributed by atoms with E-state index in [1.165, 1.54) is 20.1 Å². The molecule has 0 fully saturated rings. The molecule has 7 aromatic rings. The number of benzene rings is 2. The van der Waals surface area contributed by atoms with E-state index in [2.05, 4.69) is 56.5 Å². The zero-order valence-electron chi connectivity index (χ0n) is 29.1. The smallest absolute Gasteiger partial charge is 0.407 e. The van der Waals surface area contributed by atoms with E-state index >= 15 is 0 Å². The summed E-state index contributed by atoms with van der Waals surface area (Å²) in [6.07, 6.45) is 3.10. The quantitative estimate of drug-likeness (QED) is 0.0924. The summed E-state index contributed by atoms with van der Waals surface area (Å²) in [4.78, 5) is 34.6. The lowest BCUT2D eigenvalue weighted by Crippen LogP contribution is -2.48. The zero-order chi connectivity index (χ0) is 36.7. The number of nitrogen functional groups attached to an aromatic ring is 1. The van der Waals surface area contributed by atoms with Crippen LogP contribution in [0.15, 0.2) is 73.1 Å². The molecule has 8 rings (SSSR count). The van der Waals surface area contributed by atoms with E-state index in [0.29, 0.717) is 42.5 Å². The second-order valence-corrected chi connectivity index (χ2v) is 20.6. The van der Waals surface area contributed by atoms with Crippen molar-refractivity contribution in [3.8, 4) is 21.7 Å². The van der Waals surface area contributed by atoms with Crippen LogP contribution in [0.2, 0.25) is 13.1 Å². The van der Waals surface area contributed by atoms with Crippen LogP contribution in [-0.4, -0.2) is 54.3 Å². The van der Waals surface area contributed by atoms with Gasteiger partial charge in [-0.25, -0.2) is 14.8 Å². The Morgan fingerprint density at radius 3 is 2.62 bits per heavy atom. The Labute approximate surface area is 318 Å². The summed E-state index contributed by atoms with van der Waals surface area (Å²) in [5.41, 5.74) is 10.7. The number of pyridine rings is 1. The molecule has 0 spiro atoms. The van der Waals surface area contributed by atoms with Crippen LogP contribution in [0.3, 0.4) is 0 Å². The first-order valence-electron chi connectivity index (χ1n) is 16.8. The lowest BCUT2D eigenvalue weighted by Gasteiger charge is -2.19. The molecule has 1 aliphatic rings. The number of para-hydroxylation sites is 1. The molecule has 5 aromatic heterocycles. The number of alkyl carbamates (subject to hydrolysis) is 1. The Kier molecular flexibility index (Phi) is 9.21. The monoisotopic (exact) mass is 774 g/mol. The van der Waals surface area contributed by atoms with Crippen LogP contribution in [0.25, 0.3) is 42.7 Å². The number of nitrogens with zero attached hydrogens (tertiary/aromatic N) is 5. The molecule has 4 N–H and O–H groups in total. The van der Waals surface area contributed by atoms with Crippen molar-refractivity contribution in [3.63, 3.8) is 0 Å². The van der Waals surface area contributed by atoms with Crippen molar-refractivity contribution in [2.24, 2.45) is 0 Å². The standard InChI is InChI=1S/C38H34N8O3S3Si/c1-46(12-13-48-38(47)41-19-22-8-10-23(11-9-22)20-49-36-33-27(42-21-43-33)16-31(40)45-36)32-17-30-35(52-32)34-29(53(30,2)3)15-25(50-34)14-24(18-39)37-44-26-6-4-5-7-28(26)51-37/h4-11,14-17,21H,12-13,19-20H2,1-3H3,(H2,40,45)(H,41,47)(H,42,43)/b24-14-. The molecule has 0 aliphatic carbocycles. The van der Waals surface area contributed by atoms with E-state index < -0.39 is 14.2 Å². The van der Waals surface area contributed by atoms with Crippen LogP contribution in [-0.2, 0) is 17.9 Å². The molecule has 266 valence electrons. The first kappa shape index (κ1) is 34.5. The van der Waals surface area contributed by atoms with Gasteiger partial charge in [-0.1, -0.05) is 49.5 Å². The van der Waals surface area contributed by atoms with Gasteiger partial charge in [0.25, 0.3) is 0 Å². The van der Waals surface area contributed by atoms with E-state index in [-0.39, 0.29) is 6.61 Å². The number of likely N-dealkylation sites (N-methyl/N-ethyl adjacent to an activating group) is 1. The van der Waals surface area contributed by atoms with Crippen molar-refractivity contribution in [3.05, 3.63) is 94.1 Å². The summed E-state index contributed by atoms with van der Waals surface area (Å²) in [7, 11) is 0.108. The SMILES string of the molecule is CN(CCOC(=O)NCc1ccc(COc2nc(N)cc3[nH]cnc23)cc1)c1cc2c(s1)-c1sc(/C=C(/C#N)c3nc4ccccc4s3)cc1[Si]2(C)C. The third kappa shape index (κ3) is 6.89. The Morgan fingerprint density at radius 2 is 1.81 bits per heavy atom. The van der Waals surface area contributed by atoms with Crippen molar-refractivity contribution in [2.45, 2.75) is 26.2 Å². The summed E-state index contributed by atoms with van der Waals surface area (Å²) < 4.78 is 12.5. The number of allylic oxidation sites excluding steroid dienone is 1. The average molecular weight is 775 g/mol. The highest BCUT2D eigenvalue weighted by Gasteiger charge is 2.41. The molecule has 1 aliphatic heterocycles. The largest absolute Gasteiger partial charge is 0.471 e. The summed E-state index contributed by atoms with van der Waals surface area (Å²) in [5.74, 6) is 0.730. The molecule has 0 radical (unpaired) electrons. The Balaban J connectivity index is 0.839. The number of nitrogens with one attached hydrogen (secondary N) is 2. The summed E-state index contributed by atoms with van der Waals surface area (Å²) in [6.45, 7) is 6.24. The van der Waals surface area contributed by atoms with Crippen molar-refractivity contribution in [1.82, 2.24) is 25.3 Å². The second kappa shape index (κ2) is 14.1. The predicted molar refractivity (Wildman–Crippen MR) is 218 cm³/mol. The summed E-state index contributed by atoms with van der Waals surface area (Å²) in [5, 5.41) is 17.6. The van der Waals surface area contributed by atoms with E-state index in [4.69, 9.17) is 20.2 Å². The van der Waals surface area contributed by atoms with Crippen molar-refractivity contribution in [1.29, 1.82) is 5.26 Å². The average Bonchev–Trinajstić information content (AvgIpc) is 3.98. The topological polar surface area (TPSA) is 155 Å². The Hall–Kier alpha value is -5.53. The maximum absolute atomic E-state index is 12.5. The van der Waals surface area contributed by atoms with Gasteiger partial charge in [0.1, 0.15) is 38.2 Å². The number of thiophene rings is 2. The number of carbonyl (C=O) groups excluding carboxylic acids is 1. The van der Waals surface area contributed by atoms with Gasteiger partial charge in [0.2, 0.25) is 5.88 Å². The summed E-state index contributed by atoms with van der Waals surface area (Å²) in [6, 6.07) is 24.4. The van der Waals surface area contributed by atoms with E-state index in [9.17, 15) is 10.1 Å². The molecular formula is C38H34N8O3S3Si. The number of aromatic nitrogens is 4. The third-order valence-corrected chi connectivity index (χ3v) is 16.6. The second-order valence-electron chi connectivity index (χ2n) is 13.2. The molecule has 0 saturated carbocycles. The highest BCUT2D eigenvalue weighted by Crippen LogP contribution is 2.42. The fraction of sp³-hybridized carbons (Fsp3) is 0.184. The Bertz CT molecular complexity index is 2530. The van der Waals surface area contributed by atoms with Crippen molar-refractivity contribution < 1.29 is 14.3 Å². The van der Waals surface area contributed by atoms with Crippen molar-refractivity contribution >= 4 is 102 Å². The lowest BCUT2D eigenvalue weighted by molar-refractivity contribution is 0.148. The van der Waals surface area contributed by atoms with Crippen LogP contribution in [0.5, 0.6) is 5.88 Å². The molecule has 11 nitrogen and oxygen atoms in total. The number of nitrogens with two attached hydrogens (primary N) is 1. The maximum atomic E-state index is 12.5. The number of rotatable bonds is 11. The number of hydrogen-bond donors (Lipinski definition) is 3. The van der Waals surface area contributed by atoms with Gasteiger partial charge in [-0.05, 0) is 51.8 Å². The number of ether oxygens (including phenoxy) is 2. The lowest BCUT2D eigenvalue weighted by atomic mass is 10.1. The van der Waals surface area contributed by atoms with Crippen LogP contribution in [0.4, 0.5) is 15.6 Å². The normalized spacial score (nSPS) is 13.1. The fourth-order valence-electron chi connectivity index (χ4n) is 6.28. The number of hydrogen-bond acceptors (Lipinski definition) is 12. The number of imidazole rings is 1. The molecule has 0 unspecified atom stereocenters. The van der Waals surface area contributed by atoms with Crippen LogP contribution < -0.4 is 31.1 Å². The minimum Gasteiger partial charge on any atom is -0.471 e. The minimum absolute atomic E-state index is 0.255. The molecule has 53 heavy (non-hydrogen) atoms. The summed E-state index contributed by atoms with van der Waals surface area (Å²) >= 11 is 5.08. The molecule has 15 heteroatoms. The number of amides is 1. The van der Waals surface area contributed by atoms with Crippen molar-refractivity contribution in [2.75, 3.05) is 30.8 Å². The highest BCUT2D eigenvalue weighted by atomic mass is 32.1. The number of carbonyl (C=O) groups is 1. The van der Waals surface area contributed by atoms with Gasteiger partial charge >= 0.3 is 6.09 Å². The molecule has 2 aromatic carbocycles. The first-order chi connectivity index (χ1) is 25.7. The number of fused-ring (bicyclic) bond motifs is 5. The van der Waals surface area contributed by atoms with Gasteiger partial charge in [0.15, 0.2) is 5.52 Å². The number of aromatic amines is 1. The van der Waals surface area contributed by atoms with Crippen LogP contribution in [0, 0.1) is 11.3 Å². The molecule has 6 heterocycles. The Morgan fingerprint density at radius 1 is 1.04 bits per heavy atom. The van der Waals surface area contributed by atoms with Gasteiger partial charge in [0.05, 0.1) is 39.2 Å². The molecule has 0 atom stereocenters. The van der Waals surface area contributed by atoms with E-state index in [1.54, 1.807) is 46.4 Å². The number of H-pyrrole nitrogens is 1. The van der Waals surface area contributed by atoms with E-state index in [1.807, 2.05) is 61.7 Å². The predicted octanol–water partition coefficient (Wildman–Crippen LogP) is 7.08. The molecule has 0 bridgehead atoms. The van der Waals surface area contributed by atoms with Gasteiger partial charge in [-0.3, -0.25) is 0 Å². The van der Waals surface area contributed by atoms with E-state index in [0.717, 1.165) is 41.7 Å². The van der Waals surface area contributed by atoms with Gasteiger partial charge < -0.3 is 30.4 Å². The number of nitriles is 1. The minimum atomic E-state index is -1.92. The van der Waals surface area contributed by atoms with Crippen LogP contribution in [0.1, 0.15) is 21.0 Å². The first-order valence-corrected chi connectivity index (χ1v) is 22.3. The highest BCUT2D eigenvalue weighted by molar-refractivity contribution is 7.30. The molecule has 1 amide bonds. The van der Waals surface area contributed by atoms with Gasteiger partial charge in [-0.2, -0.15) is 10.2 Å². The fourth-order valence-corrected chi connectivity index (χ4v) is 14.3. The molecule has 0 saturated heterocycles. The van der Waals surface area contributed by atoms with Gasteiger partial charge in [0, 0.05) is 34.3 Å². The third-order valence-electron chi connectivity index (χ3n) is 9.22. The number of thiazole rings is 1. The van der Waals surface area contributed by atoms with Crippen LogP contribution >= 0.6 is 34.0 Å². The zero-order valence-corrected chi connectivity index (χ0v) is 32.5.